The van der Waals surface area contributed by atoms with Gasteiger partial charge in [-0.05, 0) is 74.7 Å². The summed E-state index contributed by atoms with van der Waals surface area (Å²) in [5, 5.41) is 10.9. The molecule has 3 aliphatic carbocycles. The van der Waals surface area contributed by atoms with Gasteiger partial charge in [-0.2, -0.15) is 0 Å². The molecule has 0 spiro atoms. The summed E-state index contributed by atoms with van der Waals surface area (Å²) in [5.41, 5.74) is 0.689. The summed E-state index contributed by atoms with van der Waals surface area (Å²) in [7, 11) is 4.93. The number of carbonyl (C=O) groups excluding carboxylic acids is 2. The van der Waals surface area contributed by atoms with Gasteiger partial charge in [-0.3, -0.25) is 9.59 Å². The second-order valence-electron chi connectivity index (χ2n) is 13.0. The summed E-state index contributed by atoms with van der Waals surface area (Å²) in [4.78, 5) is 26.9. The van der Waals surface area contributed by atoms with E-state index >= 15 is 0 Å². The number of hydrogen-bond donors (Lipinski definition) is 1. The molecule has 0 aromatic rings. The van der Waals surface area contributed by atoms with Crippen LogP contribution in [-0.2, 0) is 38.0 Å². The topological polar surface area (TPSA) is 110 Å². The molecule has 5 aliphatic rings. The van der Waals surface area contributed by atoms with Crippen LogP contribution in [0.25, 0.3) is 0 Å². The lowest BCUT2D eigenvalue weighted by Gasteiger charge is -2.44. The number of hydrogen-bond acceptors (Lipinski definition) is 9. The standard InChI is InChI=1S/C33H50O9/c1-7-20-9-8-10-27(34)17(2)29(36)26-15-24-22(25(26)16-28(35)41-20)12-11-19-13-21(14-23(19)24)42-33-32(39-6)31(38-5)30(37-4)18(3)40-33/h11-12,15,17-25,27,30-34H,7-10,13-14,16H2,1-6H3/t17-,18+,19-,20+,21-,22-,23-,24-,25+,27-,30+,31-,32-,33+/m1/s1. The minimum absolute atomic E-state index is 0.0381. The van der Waals surface area contributed by atoms with E-state index in [4.69, 9.17) is 28.4 Å². The third-order valence-electron chi connectivity index (χ3n) is 10.7. The zero-order valence-corrected chi connectivity index (χ0v) is 26.0. The highest BCUT2D eigenvalue weighted by atomic mass is 16.7. The Labute approximate surface area is 250 Å². The molecule has 0 bridgehead atoms. The average Bonchev–Trinajstić information content (AvgIpc) is 3.55. The molecule has 3 fully saturated rings. The molecule has 0 radical (unpaired) electrons. The maximum atomic E-state index is 13.8. The largest absolute Gasteiger partial charge is 0.462 e. The highest BCUT2D eigenvalue weighted by Gasteiger charge is 2.52. The van der Waals surface area contributed by atoms with Gasteiger partial charge in [-0.15, -0.1) is 0 Å². The summed E-state index contributed by atoms with van der Waals surface area (Å²) in [6.45, 7) is 5.80. The highest BCUT2D eigenvalue weighted by molar-refractivity contribution is 5.99. The van der Waals surface area contributed by atoms with Crippen LogP contribution < -0.4 is 0 Å². The molecule has 2 aliphatic heterocycles. The van der Waals surface area contributed by atoms with Crippen LogP contribution >= 0.6 is 0 Å². The Hall–Kier alpha value is -1.62. The molecule has 2 saturated heterocycles. The van der Waals surface area contributed by atoms with Gasteiger partial charge in [0.25, 0.3) is 0 Å². The number of methoxy groups -OCH3 is 3. The van der Waals surface area contributed by atoms with Crippen LogP contribution in [0, 0.1) is 35.5 Å². The zero-order chi connectivity index (χ0) is 30.1. The lowest BCUT2D eigenvalue weighted by Crippen LogP contribution is -2.59. The average molecular weight is 591 g/mol. The van der Waals surface area contributed by atoms with Gasteiger partial charge < -0.3 is 33.5 Å². The van der Waals surface area contributed by atoms with Crippen molar-refractivity contribution in [2.75, 3.05) is 21.3 Å². The molecule has 9 heteroatoms. The molecule has 0 aromatic heterocycles. The highest BCUT2D eigenvalue weighted by Crippen LogP contribution is 2.54. The fraction of sp³-hybridized carbons (Fsp3) is 0.818. The first kappa shape index (κ1) is 31.8. The molecular formula is C33H50O9. The van der Waals surface area contributed by atoms with Crippen LogP contribution in [0.15, 0.2) is 23.8 Å². The fourth-order valence-corrected chi connectivity index (χ4v) is 8.31. The van der Waals surface area contributed by atoms with E-state index in [0.29, 0.717) is 24.3 Å². The summed E-state index contributed by atoms with van der Waals surface area (Å²) in [5.74, 6) is -0.278. The number of rotatable bonds is 6. The minimum Gasteiger partial charge on any atom is -0.462 e. The second-order valence-corrected chi connectivity index (χ2v) is 13.0. The van der Waals surface area contributed by atoms with Crippen molar-refractivity contribution >= 4 is 11.8 Å². The Morgan fingerprint density at radius 3 is 2.38 bits per heavy atom. The first-order valence-corrected chi connectivity index (χ1v) is 15.9. The zero-order valence-electron chi connectivity index (χ0n) is 26.0. The molecule has 0 unspecified atom stereocenters. The molecule has 9 nitrogen and oxygen atoms in total. The van der Waals surface area contributed by atoms with E-state index in [1.165, 1.54) is 0 Å². The summed E-state index contributed by atoms with van der Waals surface area (Å²) >= 11 is 0. The van der Waals surface area contributed by atoms with Crippen molar-refractivity contribution < 1.29 is 43.1 Å². The van der Waals surface area contributed by atoms with Crippen molar-refractivity contribution in [3.63, 3.8) is 0 Å². The number of fused-ring (bicyclic) bond motifs is 5. The number of allylic oxidation sites excluding steroid dienone is 4. The van der Waals surface area contributed by atoms with Crippen LogP contribution in [0.4, 0.5) is 0 Å². The molecular weight excluding hydrogens is 540 g/mol. The van der Waals surface area contributed by atoms with Crippen LogP contribution in [-0.4, -0.2) is 87.2 Å². The van der Waals surface area contributed by atoms with E-state index in [9.17, 15) is 14.7 Å². The van der Waals surface area contributed by atoms with Crippen molar-refractivity contribution in [1.82, 2.24) is 0 Å². The molecule has 14 atom stereocenters. The van der Waals surface area contributed by atoms with Gasteiger partial charge in [0.2, 0.25) is 0 Å². The molecule has 1 saturated carbocycles. The monoisotopic (exact) mass is 590 g/mol. The van der Waals surface area contributed by atoms with E-state index in [0.717, 1.165) is 25.7 Å². The van der Waals surface area contributed by atoms with E-state index in [1.807, 2.05) is 20.8 Å². The second kappa shape index (κ2) is 13.6. The molecule has 1 N–H and O–H groups in total. The summed E-state index contributed by atoms with van der Waals surface area (Å²) in [6.07, 6.45) is 8.39. The third-order valence-corrected chi connectivity index (χ3v) is 10.7. The minimum atomic E-state index is -0.706. The molecule has 42 heavy (non-hydrogen) atoms. The van der Waals surface area contributed by atoms with E-state index < -0.39 is 24.4 Å². The Balaban J connectivity index is 1.34. The van der Waals surface area contributed by atoms with Gasteiger partial charge in [-0.25, -0.2) is 0 Å². The molecule has 2 heterocycles. The van der Waals surface area contributed by atoms with Gasteiger partial charge in [0.05, 0.1) is 24.7 Å². The van der Waals surface area contributed by atoms with Crippen molar-refractivity contribution in [3.05, 3.63) is 23.8 Å². The van der Waals surface area contributed by atoms with E-state index in [1.54, 1.807) is 21.3 Å². The van der Waals surface area contributed by atoms with Gasteiger partial charge in [0.15, 0.2) is 12.1 Å². The number of cyclic esters (lactones) is 1. The SMILES string of the molecule is CC[C@H]1CCC[C@@H](O)[C@@H](C)C(=O)C2=C[C@@H]3[C@@H](C=C[C@@H]4C[C@@H](O[C@@H]5O[C@@H](C)[C@H](OC)[C@@H](OC)[C@H]5OC)C[C@@H]34)[C@@H]2CC(=O)O1. The van der Waals surface area contributed by atoms with Crippen LogP contribution in [0.3, 0.4) is 0 Å². The first-order valence-electron chi connectivity index (χ1n) is 15.9. The maximum Gasteiger partial charge on any atom is 0.306 e. The Kier molecular flexibility index (Phi) is 10.3. The maximum absolute atomic E-state index is 13.8. The van der Waals surface area contributed by atoms with Gasteiger partial charge in [-0.1, -0.05) is 32.1 Å². The Bertz CT molecular complexity index is 1020. The first-order chi connectivity index (χ1) is 20.2. The number of ketones is 1. The van der Waals surface area contributed by atoms with Crippen LogP contribution in [0.1, 0.15) is 65.7 Å². The van der Waals surface area contributed by atoms with Gasteiger partial charge in [0, 0.05) is 33.2 Å². The normalized spacial score (nSPS) is 46.1. The number of Topliss-reactive ketones (excluding diaryl/α,β-unsaturated/α-hetero) is 1. The van der Waals surface area contributed by atoms with Crippen molar-refractivity contribution in [2.45, 2.75) is 115 Å². The Morgan fingerprint density at radius 1 is 0.952 bits per heavy atom. The van der Waals surface area contributed by atoms with Crippen molar-refractivity contribution in [1.29, 1.82) is 0 Å². The molecule has 5 rings (SSSR count). The van der Waals surface area contributed by atoms with Crippen molar-refractivity contribution in [2.24, 2.45) is 35.5 Å². The number of aliphatic hydroxyl groups excluding tert-OH is 1. The number of ether oxygens (including phenoxy) is 6. The van der Waals surface area contributed by atoms with Crippen molar-refractivity contribution in [3.8, 4) is 0 Å². The lowest BCUT2D eigenvalue weighted by molar-refractivity contribution is -0.314. The molecule has 0 aromatic carbocycles. The van der Waals surface area contributed by atoms with Crippen LogP contribution in [0.2, 0.25) is 0 Å². The third kappa shape index (κ3) is 6.15. The lowest BCUT2D eigenvalue weighted by atomic mass is 9.70. The fourth-order valence-electron chi connectivity index (χ4n) is 8.31. The number of carbonyl (C=O) groups is 2. The predicted molar refractivity (Wildman–Crippen MR) is 154 cm³/mol. The molecule has 0 amide bonds. The molecule has 236 valence electrons. The van der Waals surface area contributed by atoms with Gasteiger partial charge >= 0.3 is 5.97 Å². The van der Waals surface area contributed by atoms with Crippen LogP contribution in [0.5, 0.6) is 0 Å². The number of aliphatic hydroxyl groups is 1. The summed E-state index contributed by atoms with van der Waals surface area (Å²) < 4.78 is 35.9. The Morgan fingerprint density at radius 2 is 1.69 bits per heavy atom. The predicted octanol–water partition coefficient (Wildman–Crippen LogP) is 4.01. The smallest absolute Gasteiger partial charge is 0.306 e. The quantitative estimate of drug-likeness (QED) is 0.363. The van der Waals surface area contributed by atoms with E-state index in [-0.39, 0.29) is 72.4 Å². The summed E-state index contributed by atoms with van der Waals surface area (Å²) in [6, 6.07) is 0. The van der Waals surface area contributed by atoms with E-state index in [2.05, 4.69) is 18.2 Å². The van der Waals surface area contributed by atoms with Gasteiger partial charge in [0.1, 0.15) is 24.4 Å². The number of esters is 1.